The standard InChI is InChI=1S/C24H39NO7.H2/c1-19(25-23(27)32-24(2,3)4)20-11-9-12-21(17-20)31-16-8-6-7-13-29-14-10-15-30-18-22(26)28-5;/h9,11-12,17,19H,6-8,10,13-16,18H2,1-5H3,(H,25,27);1H/t19-;/m1./s1. The summed E-state index contributed by atoms with van der Waals surface area (Å²) >= 11 is 0. The van der Waals surface area contributed by atoms with Gasteiger partial charge in [0.05, 0.1) is 19.8 Å². The number of nitrogens with one attached hydrogen (secondary N) is 1. The molecule has 0 unspecified atom stereocenters. The molecule has 8 nitrogen and oxygen atoms in total. The van der Waals surface area contributed by atoms with Crippen molar-refractivity contribution in [1.82, 2.24) is 5.32 Å². The lowest BCUT2D eigenvalue weighted by atomic mass is 10.1. The molecule has 0 aliphatic carbocycles. The predicted molar refractivity (Wildman–Crippen MR) is 124 cm³/mol. The average Bonchev–Trinajstić information content (AvgIpc) is 2.73. The van der Waals surface area contributed by atoms with Gasteiger partial charge in [-0.1, -0.05) is 12.1 Å². The number of hydrogen-bond donors (Lipinski definition) is 1. The highest BCUT2D eigenvalue weighted by molar-refractivity contribution is 5.70. The van der Waals surface area contributed by atoms with Crippen molar-refractivity contribution in [2.45, 2.75) is 65.0 Å². The van der Waals surface area contributed by atoms with E-state index in [1.807, 2.05) is 52.0 Å². The van der Waals surface area contributed by atoms with Crippen LogP contribution >= 0.6 is 0 Å². The van der Waals surface area contributed by atoms with Crippen molar-refractivity contribution in [2.75, 3.05) is 40.1 Å². The van der Waals surface area contributed by atoms with E-state index in [1.165, 1.54) is 7.11 Å². The molecule has 0 aliphatic heterocycles. The molecule has 0 bridgehead atoms. The second kappa shape index (κ2) is 15.5. The number of methoxy groups -OCH3 is 1. The maximum Gasteiger partial charge on any atom is 0.408 e. The molecule has 0 saturated carbocycles. The van der Waals surface area contributed by atoms with Crippen LogP contribution in [0.3, 0.4) is 0 Å². The molecular formula is C24H41NO7. The molecule has 1 atom stereocenters. The number of hydrogen-bond acceptors (Lipinski definition) is 7. The third kappa shape index (κ3) is 13.9. The molecule has 8 heteroatoms. The third-order valence-electron chi connectivity index (χ3n) is 4.32. The Kier molecular flexibility index (Phi) is 13.4. The van der Waals surface area contributed by atoms with Crippen molar-refractivity contribution < 1.29 is 34.7 Å². The van der Waals surface area contributed by atoms with E-state index < -0.39 is 11.7 Å². The summed E-state index contributed by atoms with van der Waals surface area (Å²) in [6.07, 6.45) is 3.21. The van der Waals surface area contributed by atoms with Crippen molar-refractivity contribution in [2.24, 2.45) is 0 Å². The third-order valence-corrected chi connectivity index (χ3v) is 4.32. The van der Waals surface area contributed by atoms with E-state index in [-0.39, 0.29) is 20.0 Å². The van der Waals surface area contributed by atoms with Crippen LogP contribution in [0.25, 0.3) is 0 Å². The smallest absolute Gasteiger partial charge is 0.408 e. The Morgan fingerprint density at radius 1 is 1.00 bits per heavy atom. The summed E-state index contributed by atoms with van der Waals surface area (Å²) in [7, 11) is 1.34. The lowest BCUT2D eigenvalue weighted by Crippen LogP contribution is -2.34. The van der Waals surface area contributed by atoms with Crippen LogP contribution in [0.5, 0.6) is 5.75 Å². The highest BCUT2D eigenvalue weighted by Crippen LogP contribution is 2.20. The Morgan fingerprint density at radius 2 is 1.69 bits per heavy atom. The van der Waals surface area contributed by atoms with Crippen LogP contribution in [0, 0.1) is 0 Å². The first-order chi connectivity index (χ1) is 15.2. The first-order valence-electron chi connectivity index (χ1n) is 11.2. The maximum atomic E-state index is 12.0. The molecule has 0 aromatic heterocycles. The quantitative estimate of drug-likeness (QED) is 0.304. The van der Waals surface area contributed by atoms with Crippen molar-refractivity contribution in [1.29, 1.82) is 0 Å². The number of benzene rings is 1. The summed E-state index contributed by atoms with van der Waals surface area (Å²) < 4.78 is 26.3. The number of unbranched alkanes of at least 4 members (excludes halogenated alkanes) is 2. The molecule has 0 saturated heterocycles. The second-order valence-electron chi connectivity index (χ2n) is 8.44. The molecule has 0 spiro atoms. The minimum Gasteiger partial charge on any atom is -0.494 e. The van der Waals surface area contributed by atoms with Crippen LogP contribution in [-0.4, -0.2) is 57.8 Å². The zero-order chi connectivity index (χ0) is 23.8. The summed E-state index contributed by atoms with van der Waals surface area (Å²) in [6.45, 7) is 9.81. The van der Waals surface area contributed by atoms with Gasteiger partial charge >= 0.3 is 12.1 Å². The summed E-state index contributed by atoms with van der Waals surface area (Å²) in [5, 5.41) is 2.84. The number of amides is 1. The van der Waals surface area contributed by atoms with E-state index in [0.717, 1.165) is 37.0 Å². The second-order valence-corrected chi connectivity index (χ2v) is 8.44. The molecule has 0 radical (unpaired) electrons. The number of carbonyl (C=O) groups excluding carboxylic acids is 2. The van der Waals surface area contributed by atoms with Crippen LogP contribution in [-0.2, 0) is 23.7 Å². The van der Waals surface area contributed by atoms with Crippen molar-refractivity contribution in [3.8, 4) is 5.75 Å². The van der Waals surface area contributed by atoms with Crippen LogP contribution in [0.1, 0.15) is 66.4 Å². The molecule has 32 heavy (non-hydrogen) atoms. The Hall–Kier alpha value is -2.32. The van der Waals surface area contributed by atoms with Crippen LogP contribution < -0.4 is 10.1 Å². The number of rotatable bonds is 15. The van der Waals surface area contributed by atoms with Gasteiger partial charge in [-0.15, -0.1) is 0 Å². The van der Waals surface area contributed by atoms with Gasteiger partial charge in [0, 0.05) is 21.2 Å². The van der Waals surface area contributed by atoms with Gasteiger partial charge in [-0.3, -0.25) is 0 Å². The van der Waals surface area contributed by atoms with Gasteiger partial charge in [-0.05, 0) is 71.1 Å². The van der Waals surface area contributed by atoms with E-state index in [4.69, 9.17) is 18.9 Å². The van der Waals surface area contributed by atoms with Gasteiger partial charge in [-0.25, -0.2) is 9.59 Å². The van der Waals surface area contributed by atoms with Gasteiger partial charge in [0.15, 0.2) is 0 Å². The fourth-order valence-corrected chi connectivity index (χ4v) is 2.69. The zero-order valence-corrected chi connectivity index (χ0v) is 20.1. The van der Waals surface area contributed by atoms with Crippen molar-refractivity contribution in [3.63, 3.8) is 0 Å². The largest absolute Gasteiger partial charge is 0.494 e. The Labute approximate surface area is 193 Å². The summed E-state index contributed by atoms with van der Waals surface area (Å²) in [6, 6.07) is 7.53. The molecule has 0 heterocycles. The van der Waals surface area contributed by atoms with Gasteiger partial charge in [0.1, 0.15) is 18.0 Å². The summed E-state index contributed by atoms with van der Waals surface area (Å²) in [5.41, 5.74) is 0.428. The molecular weight excluding hydrogens is 414 g/mol. The average molecular weight is 456 g/mol. The van der Waals surface area contributed by atoms with Crippen molar-refractivity contribution >= 4 is 12.1 Å². The monoisotopic (exact) mass is 455 g/mol. The summed E-state index contributed by atoms with van der Waals surface area (Å²) in [4.78, 5) is 22.8. The molecule has 1 amide bonds. The molecule has 1 N–H and O–H groups in total. The van der Waals surface area contributed by atoms with E-state index in [2.05, 4.69) is 10.1 Å². The fraction of sp³-hybridized carbons (Fsp3) is 0.667. The van der Waals surface area contributed by atoms with Crippen LogP contribution in [0.4, 0.5) is 4.79 Å². The topological polar surface area (TPSA) is 92.3 Å². The minimum absolute atomic E-state index is 0. The normalized spacial score (nSPS) is 12.2. The minimum atomic E-state index is -0.528. The molecule has 0 fully saturated rings. The SMILES string of the molecule is COC(=O)COCCCOCCCCCOc1cccc([C@@H](C)NC(=O)OC(C)(C)C)c1.[HH]. The highest BCUT2D eigenvalue weighted by atomic mass is 16.6. The molecule has 1 aromatic carbocycles. The number of ether oxygens (including phenoxy) is 5. The van der Waals surface area contributed by atoms with E-state index in [9.17, 15) is 9.59 Å². The van der Waals surface area contributed by atoms with Crippen LogP contribution in [0.2, 0.25) is 0 Å². The molecule has 0 aliphatic rings. The number of carbonyl (C=O) groups is 2. The molecule has 1 rings (SSSR count). The molecule has 184 valence electrons. The highest BCUT2D eigenvalue weighted by Gasteiger charge is 2.18. The first kappa shape index (κ1) is 27.7. The van der Waals surface area contributed by atoms with E-state index >= 15 is 0 Å². The lowest BCUT2D eigenvalue weighted by molar-refractivity contribution is -0.146. The van der Waals surface area contributed by atoms with Gasteiger partial charge in [-0.2, -0.15) is 0 Å². The van der Waals surface area contributed by atoms with E-state index in [1.54, 1.807) is 0 Å². The number of alkyl carbamates (subject to hydrolysis) is 1. The first-order valence-corrected chi connectivity index (χ1v) is 11.2. The van der Waals surface area contributed by atoms with Gasteiger partial charge in [0.25, 0.3) is 0 Å². The Bertz CT molecular complexity index is 679. The Balaban J connectivity index is 0.0000102. The van der Waals surface area contributed by atoms with Crippen molar-refractivity contribution in [3.05, 3.63) is 29.8 Å². The Morgan fingerprint density at radius 3 is 2.41 bits per heavy atom. The van der Waals surface area contributed by atoms with Crippen LogP contribution in [0.15, 0.2) is 24.3 Å². The molecule has 1 aromatic rings. The van der Waals surface area contributed by atoms with E-state index in [0.29, 0.717) is 26.4 Å². The fourth-order valence-electron chi connectivity index (χ4n) is 2.69. The van der Waals surface area contributed by atoms with Gasteiger partial charge < -0.3 is 29.0 Å². The van der Waals surface area contributed by atoms with Gasteiger partial charge in [0.2, 0.25) is 0 Å². The number of esters is 1. The summed E-state index contributed by atoms with van der Waals surface area (Å²) in [5.74, 6) is 0.412. The zero-order valence-electron chi connectivity index (χ0n) is 20.1. The predicted octanol–water partition coefficient (Wildman–Crippen LogP) is 4.66. The lowest BCUT2D eigenvalue weighted by Gasteiger charge is -2.22. The maximum absolute atomic E-state index is 12.0.